The van der Waals surface area contributed by atoms with Gasteiger partial charge in [-0.1, -0.05) is 61.6 Å². The topological polar surface area (TPSA) is 88.9 Å². The molecule has 134 valence electrons. The number of thioether (sulfide) groups is 2. The molecule has 0 aliphatic carbocycles. The lowest BCUT2D eigenvalue weighted by Crippen LogP contribution is -1.92. The van der Waals surface area contributed by atoms with Gasteiger partial charge in [0.15, 0.2) is 16.6 Å². The van der Waals surface area contributed by atoms with Crippen molar-refractivity contribution in [1.29, 1.82) is 0 Å². The first-order chi connectivity index (χ1) is 10.5. The molecule has 6 nitrogen and oxygen atoms in total. The number of carbonyl (C=O) groups excluding carboxylic acids is 1. The van der Waals surface area contributed by atoms with Crippen LogP contribution in [0, 0.1) is 0 Å². The Balaban J connectivity index is 0. The highest BCUT2D eigenvalue weighted by Crippen LogP contribution is 2.16. The highest BCUT2D eigenvalue weighted by Gasteiger charge is 2.02. The molecular formula is C14H20Cl2N4O2S2. The monoisotopic (exact) mass is 410 g/mol. The number of halogens is 2. The number of aldehydes is 1. The van der Waals surface area contributed by atoms with Crippen LogP contribution in [0.1, 0.15) is 30.8 Å². The van der Waals surface area contributed by atoms with E-state index in [2.05, 4.69) is 19.9 Å². The van der Waals surface area contributed by atoms with E-state index in [4.69, 9.17) is 28.3 Å². The van der Waals surface area contributed by atoms with E-state index >= 15 is 0 Å². The van der Waals surface area contributed by atoms with Crippen molar-refractivity contribution in [1.82, 2.24) is 19.9 Å². The van der Waals surface area contributed by atoms with Crippen molar-refractivity contribution in [2.45, 2.75) is 31.8 Å². The molecule has 2 heterocycles. The van der Waals surface area contributed by atoms with Crippen molar-refractivity contribution in [2.75, 3.05) is 12.5 Å². The molecule has 0 saturated heterocycles. The molecule has 2 rings (SSSR count). The zero-order valence-electron chi connectivity index (χ0n) is 11.7. The van der Waals surface area contributed by atoms with Gasteiger partial charge in [0.05, 0.1) is 12.2 Å². The van der Waals surface area contributed by atoms with Gasteiger partial charge in [-0.2, -0.15) is 0 Å². The minimum Gasteiger partial charge on any atom is -0.392 e. The first kappa shape index (κ1) is 25.3. The highest BCUT2D eigenvalue weighted by molar-refractivity contribution is 7.98. The second-order valence-corrected chi connectivity index (χ2v) is 5.81. The summed E-state index contributed by atoms with van der Waals surface area (Å²) in [7, 11) is 0. The zero-order chi connectivity index (χ0) is 16.5. The summed E-state index contributed by atoms with van der Waals surface area (Å²) in [5, 5.41) is 10.4. The minimum absolute atomic E-state index is 0. The van der Waals surface area contributed by atoms with Gasteiger partial charge in [-0.3, -0.25) is 4.79 Å². The van der Waals surface area contributed by atoms with Crippen LogP contribution in [0.5, 0.6) is 0 Å². The van der Waals surface area contributed by atoms with Crippen molar-refractivity contribution in [3.8, 4) is 0 Å². The molecular weight excluding hydrogens is 391 g/mol. The van der Waals surface area contributed by atoms with E-state index in [-0.39, 0.29) is 26.6 Å². The van der Waals surface area contributed by atoms with Crippen LogP contribution in [-0.2, 0) is 6.61 Å². The van der Waals surface area contributed by atoms with Crippen LogP contribution in [0.2, 0.25) is 10.3 Å². The summed E-state index contributed by atoms with van der Waals surface area (Å²) in [5.41, 5.74) is 0.883. The first-order valence-corrected chi connectivity index (χ1v) is 8.94. The average Bonchev–Trinajstić information content (AvgIpc) is 2.55. The summed E-state index contributed by atoms with van der Waals surface area (Å²) in [5.74, 6) is 0. The Kier molecular flexibility index (Phi) is 14.1. The lowest BCUT2D eigenvalue weighted by atomic mass is 10.4. The van der Waals surface area contributed by atoms with Crippen molar-refractivity contribution in [3.05, 3.63) is 33.8 Å². The third kappa shape index (κ3) is 7.76. The van der Waals surface area contributed by atoms with Crippen LogP contribution in [0.15, 0.2) is 22.7 Å². The van der Waals surface area contributed by atoms with Crippen molar-refractivity contribution in [2.24, 2.45) is 0 Å². The van der Waals surface area contributed by atoms with Gasteiger partial charge >= 0.3 is 0 Å². The van der Waals surface area contributed by atoms with Crippen LogP contribution in [0.4, 0.5) is 0 Å². The van der Waals surface area contributed by atoms with E-state index in [0.29, 0.717) is 32.9 Å². The molecule has 0 unspecified atom stereocenters. The lowest BCUT2D eigenvalue weighted by Gasteiger charge is -1.99. The van der Waals surface area contributed by atoms with E-state index in [1.165, 1.54) is 35.9 Å². The van der Waals surface area contributed by atoms with Gasteiger partial charge in [-0.15, -0.1) is 0 Å². The SMILES string of the molecule is C.C.CSc1ncc(C=O)c(Cl)n1.CSc1ncc(CO)c(Cl)n1. The number of rotatable bonds is 4. The van der Waals surface area contributed by atoms with Gasteiger partial charge in [-0.25, -0.2) is 19.9 Å². The molecule has 0 aliphatic heterocycles. The Morgan fingerprint density at radius 3 is 1.92 bits per heavy atom. The standard InChI is InChI=1S/C6H7ClN2OS.C6H5ClN2OS.2CH4/c2*1-11-6-8-2-4(3-10)5(7)9-6;;/h2,10H,3H2,1H3;2-3H,1H3;2*1H4. The van der Waals surface area contributed by atoms with Gasteiger partial charge in [0.2, 0.25) is 0 Å². The van der Waals surface area contributed by atoms with E-state index in [9.17, 15) is 4.79 Å². The fourth-order valence-corrected chi connectivity index (χ4v) is 2.25. The molecule has 0 spiro atoms. The first-order valence-electron chi connectivity index (χ1n) is 5.73. The third-order valence-corrected chi connectivity index (χ3v) is 3.95. The van der Waals surface area contributed by atoms with E-state index in [1.54, 1.807) is 0 Å². The zero-order valence-corrected chi connectivity index (χ0v) is 14.8. The summed E-state index contributed by atoms with van der Waals surface area (Å²) in [6.07, 6.45) is 7.28. The Bertz CT molecular complexity index is 648. The fraction of sp³-hybridized carbons (Fsp3) is 0.357. The average molecular weight is 411 g/mol. The number of aliphatic hydroxyl groups is 1. The number of hydrogen-bond donors (Lipinski definition) is 1. The van der Waals surface area contributed by atoms with Crippen LogP contribution >= 0.6 is 46.7 Å². The highest BCUT2D eigenvalue weighted by atomic mass is 35.5. The predicted molar refractivity (Wildman–Crippen MR) is 102 cm³/mol. The largest absolute Gasteiger partial charge is 0.392 e. The molecule has 10 heteroatoms. The Morgan fingerprint density at radius 1 is 1.04 bits per heavy atom. The second-order valence-electron chi connectivity index (χ2n) is 3.55. The molecule has 1 N–H and O–H groups in total. The molecule has 0 bridgehead atoms. The summed E-state index contributed by atoms with van der Waals surface area (Å²) in [4.78, 5) is 25.8. The number of aliphatic hydroxyl groups excluding tert-OH is 1. The normalized spacial score (nSPS) is 9.04. The molecule has 0 fully saturated rings. The summed E-state index contributed by atoms with van der Waals surface area (Å²) >= 11 is 14.1. The number of carbonyl (C=O) groups is 1. The van der Waals surface area contributed by atoms with Crippen LogP contribution in [-0.4, -0.2) is 43.8 Å². The van der Waals surface area contributed by atoms with Gasteiger partial charge in [0.25, 0.3) is 0 Å². The van der Waals surface area contributed by atoms with E-state index < -0.39 is 0 Å². The van der Waals surface area contributed by atoms with Crippen LogP contribution in [0.3, 0.4) is 0 Å². The fourth-order valence-electron chi connectivity index (χ4n) is 1.11. The number of aromatic nitrogens is 4. The predicted octanol–water partition coefficient (Wildman–Crippen LogP) is 4.28. The molecule has 0 radical (unpaired) electrons. The molecule has 24 heavy (non-hydrogen) atoms. The molecule has 0 saturated carbocycles. The summed E-state index contributed by atoms with van der Waals surface area (Å²) < 4.78 is 0. The van der Waals surface area contributed by atoms with Crippen LogP contribution in [0.25, 0.3) is 0 Å². The van der Waals surface area contributed by atoms with Gasteiger partial charge in [0, 0.05) is 18.0 Å². The molecule has 0 atom stereocenters. The van der Waals surface area contributed by atoms with Gasteiger partial charge < -0.3 is 5.11 Å². The van der Waals surface area contributed by atoms with E-state index in [0.717, 1.165) is 0 Å². The molecule has 2 aromatic rings. The maximum Gasteiger partial charge on any atom is 0.188 e. The maximum absolute atomic E-state index is 10.3. The number of hydrogen-bond acceptors (Lipinski definition) is 8. The quantitative estimate of drug-likeness (QED) is 0.345. The Morgan fingerprint density at radius 2 is 1.54 bits per heavy atom. The molecule has 2 aromatic heterocycles. The second kappa shape index (κ2) is 13.4. The summed E-state index contributed by atoms with van der Waals surface area (Å²) in [6.45, 7) is -0.118. The Labute approximate surface area is 160 Å². The van der Waals surface area contributed by atoms with E-state index in [1.807, 2.05) is 12.5 Å². The lowest BCUT2D eigenvalue weighted by molar-refractivity contribution is 0.112. The minimum atomic E-state index is -0.118. The molecule has 0 amide bonds. The summed E-state index contributed by atoms with van der Waals surface area (Å²) in [6, 6.07) is 0. The third-order valence-electron chi connectivity index (χ3n) is 2.20. The van der Waals surface area contributed by atoms with Crippen molar-refractivity contribution >= 4 is 53.0 Å². The van der Waals surface area contributed by atoms with Crippen molar-refractivity contribution in [3.63, 3.8) is 0 Å². The van der Waals surface area contributed by atoms with Crippen LogP contribution < -0.4 is 0 Å². The smallest absolute Gasteiger partial charge is 0.188 e. The number of nitrogens with zero attached hydrogens (tertiary/aromatic N) is 4. The van der Waals surface area contributed by atoms with Gasteiger partial charge in [-0.05, 0) is 12.5 Å². The van der Waals surface area contributed by atoms with Crippen molar-refractivity contribution < 1.29 is 9.90 Å². The van der Waals surface area contributed by atoms with Gasteiger partial charge in [0.1, 0.15) is 10.3 Å². The molecule has 0 aromatic carbocycles. The maximum atomic E-state index is 10.3. The molecule has 0 aliphatic rings. The Hall–Kier alpha value is -0.930.